The van der Waals surface area contributed by atoms with Crippen molar-refractivity contribution in [2.24, 2.45) is 11.8 Å². The molecule has 0 radical (unpaired) electrons. The number of rotatable bonds is 3. The monoisotopic (exact) mass is 310 g/mol. The molecule has 4 heteroatoms. The number of hydrogen-bond donors (Lipinski definition) is 2. The second-order valence-electron chi connectivity index (χ2n) is 6.79. The smallest absolute Gasteiger partial charge is 0.116 e. The third-order valence-electron chi connectivity index (χ3n) is 5.60. The largest absolute Gasteiger partial charge is 0.508 e. The van der Waals surface area contributed by atoms with E-state index in [1.807, 2.05) is 6.07 Å². The van der Waals surface area contributed by atoms with Gasteiger partial charge in [0.1, 0.15) is 5.75 Å². The van der Waals surface area contributed by atoms with Crippen molar-refractivity contribution in [2.75, 3.05) is 13.1 Å². The van der Waals surface area contributed by atoms with Gasteiger partial charge in [-0.2, -0.15) is 0 Å². The third kappa shape index (κ3) is 2.42. The number of piperidine rings is 3. The van der Waals surface area contributed by atoms with E-state index in [0.717, 1.165) is 36.0 Å². The molecule has 0 saturated carbocycles. The molecule has 1 aromatic carbocycles. The molecule has 3 aliphatic heterocycles. The molecule has 0 spiro atoms. The van der Waals surface area contributed by atoms with Crippen molar-refractivity contribution < 1.29 is 10.2 Å². The average molecular weight is 310 g/mol. The fourth-order valence-corrected chi connectivity index (χ4v) is 4.33. The van der Waals surface area contributed by atoms with Crippen LogP contribution in [0.4, 0.5) is 0 Å². The zero-order chi connectivity index (χ0) is 16.0. The first-order chi connectivity index (χ1) is 11.2. The maximum absolute atomic E-state index is 11.0. The summed E-state index contributed by atoms with van der Waals surface area (Å²) < 4.78 is 0. The Morgan fingerprint density at radius 1 is 1.35 bits per heavy atom. The number of phenolic OH excluding ortho intramolecular Hbond substituents is 1. The lowest BCUT2D eigenvalue weighted by Crippen LogP contribution is -2.54. The quantitative estimate of drug-likeness (QED) is 0.856. The van der Waals surface area contributed by atoms with E-state index in [4.69, 9.17) is 0 Å². The van der Waals surface area contributed by atoms with Crippen molar-refractivity contribution in [1.29, 1.82) is 0 Å². The van der Waals surface area contributed by atoms with Gasteiger partial charge in [0, 0.05) is 24.2 Å². The molecule has 0 aliphatic carbocycles. The first kappa shape index (κ1) is 14.7. The maximum atomic E-state index is 11.0. The van der Waals surface area contributed by atoms with E-state index in [0.29, 0.717) is 11.8 Å². The molecule has 0 amide bonds. The van der Waals surface area contributed by atoms with Gasteiger partial charge in [0.15, 0.2) is 0 Å². The Balaban J connectivity index is 1.69. The van der Waals surface area contributed by atoms with Crippen LogP contribution >= 0.6 is 0 Å². The van der Waals surface area contributed by atoms with Gasteiger partial charge in [-0.05, 0) is 61.1 Å². The van der Waals surface area contributed by atoms with Gasteiger partial charge < -0.3 is 10.2 Å². The molecule has 5 rings (SSSR count). The van der Waals surface area contributed by atoms with E-state index in [1.54, 1.807) is 24.4 Å². The number of fused-ring (bicyclic) bond motifs is 4. The maximum Gasteiger partial charge on any atom is 0.116 e. The second-order valence-corrected chi connectivity index (χ2v) is 6.79. The van der Waals surface area contributed by atoms with Gasteiger partial charge in [-0.15, -0.1) is 6.58 Å². The normalized spacial score (nSPS) is 31.2. The number of aromatic hydroxyl groups is 1. The number of hydrogen-bond acceptors (Lipinski definition) is 4. The van der Waals surface area contributed by atoms with Crippen molar-refractivity contribution in [3.63, 3.8) is 0 Å². The summed E-state index contributed by atoms with van der Waals surface area (Å²) in [4.78, 5) is 6.73. The second kappa shape index (κ2) is 5.62. The third-order valence-corrected chi connectivity index (χ3v) is 5.60. The topological polar surface area (TPSA) is 56.6 Å². The molecule has 1 aromatic heterocycles. The van der Waals surface area contributed by atoms with Crippen LogP contribution in [0, 0.1) is 11.8 Å². The van der Waals surface area contributed by atoms with Crippen molar-refractivity contribution >= 4 is 10.9 Å². The van der Waals surface area contributed by atoms with E-state index in [1.165, 1.54) is 6.42 Å². The molecule has 2 aromatic rings. The predicted molar refractivity (Wildman–Crippen MR) is 90.1 cm³/mol. The van der Waals surface area contributed by atoms with Crippen LogP contribution in [0.1, 0.15) is 24.5 Å². The Hall–Kier alpha value is -1.91. The van der Waals surface area contributed by atoms with Crippen LogP contribution in [-0.2, 0) is 0 Å². The Morgan fingerprint density at radius 3 is 2.96 bits per heavy atom. The van der Waals surface area contributed by atoms with Crippen LogP contribution < -0.4 is 0 Å². The van der Waals surface area contributed by atoms with Gasteiger partial charge in [0.2, 0.25) is 0 Å². The lowest BCUT2D eigenvalue weighted by Gasteiger charge is -2.50. The van der Waals surface area contributed by atoms with Crippen LogP contribution in [0.25, 0.3) is 10.9 Å². The summed E-state index contributed by atoms with van der Waals surface area (Å²) in [6.07, 6.45) is 5.44. The highest BCUT2D eigenvalue weighted by atomic mass is 16.3. The molecule has 5 atom stereocenters. The molecule has 23 heavy (non-hydrogen) atoms. The zero-order valence-corrected chi connectivity index (χ0v) is 13.1. The minimum Gasteiger partial charge on any atom is -0.508 e. The minimum absolute atomic E-state index is 0.137. The van der Waals surface area contributed by atoms with Gasteiger partial charge in [0.25, 0.3) is 0 Å². The van der Waals surface area contributed by atoms with Crippen LogP contribution in [-0.4, -0.2) is 39.2 Å². The van der Waals surface area contributed by atoms with Gasteiger partial charge in [-0.25, -0.2) is 0 Å². The molecule has 2 unspecified atom stereocenters. The number of pyridine rings is 1. The van der Waals surface area contributed by atoms with Gasteiger partial charge in [-0.3, -0.25) is 9.88 Å². The van der Waals surface area contributed by atoms with E-state index in [9.17, 15) is 10.2 Å². The first-order valence-corrected chi connectivity index (χ1v) is 8.29. The molecule has 3 saturated heterocycles. The Labute approximate surface area is 136 Å². The number of aliphatic hydroxyl groups is 1. The highest BCUT2D eigenvalue weighted by molar-refractivity contribution is 5.83. The number of aliphatic hydroxyl groups excluding tert-OH is 1. The number of aromatic nitrogens is 1. The summed E-state index contributed by atoms with van der Waals surface area (Å²) >= 11 is 0. The van der Waals surface area contributed by atoms with Crippen molar-refractivity contribution in [3.8, 4) is 5.75 Å². The lowest BCUT2D eigenvalue weighted by molar-refractivity contribution is -0.0444. The predicted octanol–water partition coefficient (Wildman–Crippen LogP) is 2.87. The van der Waals surface area contributed by atoms with Crippen LogP contribution in [0.3, 0.4) is 0 Å². The fourth-order valence-electron chi connectivity index (χ4n) is 4.33. The van der Waals surface area contributed by atoms with Crippen molar-refractivity contribution in [1.82, 2.24) is 9.88 Å². The molecule has 120 valence electrons. The van der Waals surface area contributed by atoms with E-state index in [2.05, 4.69) is 22.5 Å². The van der Waals surface area contributed by atoms with E-state index in [-0.39, 0.29) is 11.8 Å². The summed E-state index contributed by atoms with van der Waals surface area (Å²) in [5.74, 6) is 1.38. The Kier molecular flexibility index (Phi) is 3.58. The molecule has 4 nitrogen and oxygen atoms in total. The molecular formula is C19H22N2O2. The first-order valence-electron chi connectivity index (χ1n) is 8.29. The lowest BCUT2D eigenvalue weighted by atomic mass is 9.73. The van der Waals surface area contributed by atoms with Gasteiger partial charge in [-0.1, -0.05) is 6.08 Å². The number of benzene rings is 1. The summed E-state index contributed by atoms with van der Waals surface area (Å²) in [5.41, 5.74) is 1.66. The summed E-state index contributed by atoms with van der Waals surface area (Å²) in [6, 6.07) is 7.14. The average Bonchev–Trinajstić information content (AvgIpc) is 2.60. The highest BCUT2D eigenvalue weighted by Gasteiger charge is 2.42. The highest BCUT2D eigenvalue weighted by Crippen LogP contribution is 2.42. The Bertz CT molecular complexity index is 745. The molecule has 2 N–H and O–H groups in total. The molecule has 2 bridgehead atoms. The van der Waals surface area contributed by atoms with Gasteiger partial charge >= 0.3 is 0 Å². The fraction of sp³-hybridized carbons (Fsp3) is 0.421. The standard InChI is InChI=1S/C19H22N2O2/c1-2-12-11-21-8-6-13(12)9-18(21)19(23)15-5-7-20-17-4-3-14(22)10-16(15)17/h2-5,7,10,12-13,18-19,22-23H,1,6,8-9,11H2/t12-,13+,18?,19-/m0/s1. The summed E-state index contributed by atoms with van der Waals surface area (Å²) in [6.45, 7) is 5.99. The number of nitrogens with zero attached hydrogens (tertiary/aromatic N) is 2. The van der Waals surface area contributed by atoms with E-state index < -0.39 is 6.10 Å². The summed E-state index contributed by atoms with van der Waals surface area (Å²) in [7, 11) is 0. The molecule has 4 heterocycles. The summed E-state index contributed by atoms with van der Waals surface area (Å²) in [5, 5.41) is 21.7. The molecule has 3 fully saturated rings. The van der Waals surface area contributed by atoms with Crippen molar-refractivity contribution in [2.45, 2.75) is 25.0 Å². The minimum atomic E-state index is -0.559. The Morgan fingerprint density at radius 2 is 2.22 bits per heavy atom. The van der Waals surface area contributed by atoms with Crippen LogP contribution in [0.5, 0.6) is 5.75 Å². The van der Waals surface area contributed by atoms with Gasteiger partial charge in [0.05, 0.1) is 11.6 Å². The van der Waals surface area contributed by atoms with E-state index >= 15 is 0 Å². The molecular weight excluding hydrogens is 288 g/mol. The zero-order valence-electron chi connectivity index (χ0n) is 13.1. The SMILES string of the molecule is C=C[C@H]1CN2CC[C@@H]1CC2[C@@H](O)c1ccnc2ccc(O)cc12. The van der Waals surface area contributed by atoms with Crippen LogP contribution in [0.15, 0.2) is 43.1 Å². The number of phenols is 1. The van der Waals surface area contributed by atoms with Crippen LogP contribution in [0.2, 0.25) is 0 Å². The van der Waals surface area contributed by atoms with Crippen molar-refractivity contribution in [3.05, 3.63) is 48.7 Å². The molecule has 3 aliphatic rings.